The van der Waals surface area contributed by atoms with Gasteiger partial charge in [0.15, 0.2) is 0 Å². The van der Waals surface area contributed by atoms with Crippen LogP contribution in [0.1, 0.15) is 82.1 Å². The summed E-state index contributed by atoms with van der Waals surface area (Å²) in [6.07, 6.45) is 4.54. The summed E-state index contributed by atoms with van der Waals surface area (Å²) in [5.74, 6) is -1.88. The molecule has 1 aromatic heterocycles. The fraction of sp³-hybridized carbons (Fsp3) is 0.600. The maximum absolute atomic E-state index is 11.1. The van der Waals surface area contributed by atoms with Gasteiger partial charge in [-0.1, -0.05) is 55.2 Å². The molecular formula is C30H54N2O7. The number of esters is 3. The van der Waals surface area contributed by atoms with E-state index in [4.69, 9.17) is 9.84 Å². The molecule has 0 saturated carbocycles. The van der Waals surface area contributed by atoms with E-state index in [0.717, 1.165) is 6.42 Å². The second kappa shape index (κ2) is 25.2. The van der Waals surface area contributed by atoms with Crippen molar-refractivity contribution in [3.63, 3.8) is 0 Å². The van der Waals surface area contributed by atoms with Crippen LogP contribution < -0.4 is 4.90 Å². The predicted octanol–water partition coefficient (Wildman–Crippen LogP) is 5.50. The van der Waals surface area contributed by atoms with Crippen LogP contribution in [0.25, 0.3) is 0 Å². The summed E-state index contributed by atoms with van der Waals surface area (Å²) in [7, 11) is 4.02. The lowest BCUT2D eigenvalue weighted by atomic mass is 10.1. The van der Waals surface area contributed by atoms with Crippen LogP contribution in [0.2, 0.25) is 0 Å². The molecule has 226 valence electrons. The van der Waals surface area contributed by atoms with E-state index in [-0.39, 0.29) is 25.0 Å². The lowest BCUT2D eigenvalue weighted by Crippen LogP contribution is -2.30. The van der Waals surface area contributed by atoms with Gasteiger partial charge in [-0.15, -0.1) is 0 Å². The molecule has 2 N–H and O–H groups in total. The molecule has 3 atom stereocenters. The molecule has 1 rings (SSSR count). The van der Waals surface area contributed by atoms with Crippen LogP contribution >= 0.6 is 0 Å². The average Bonchev–Trinajstić information content (AvgIpc) is 2.87. The van der Waals surface area contributed by atoms with Crippen molar-refractivity contribution in [2.75, 3.05) is 19.0 Å². The Balaban J connectivity index is -0.000000216. The van der Waals surface area contributed by atoms with Crippen LogP contribution in [0, 0.1) is 5.92 Å². The molecular weight excluding hydrogens is 500 g/mol. The molecule has 0 spiro atoms. The van der Waals surface area contributed by atoms with Gasteiger partial charge in [0.25, 0.3) is 0 Å². The predicted molar refractivity (Wildman–Crippen MR) is 159 cm³/mol. The number of carbonyl (C=O) groups is 3. The van der Waals surface area contributed by atoms with Crippen LogP contribution in [-0.4, -0.2) is 65.5 Å². The number of carbonyl (C=O) groups excluding carboxylic acids is 3. The summed E-state index contributed by atoms with van der Waals surface area (Å²) in [4.78, 5) is 38.5. The molecule has 0 aliphatic carbocycles. The normalized spacial score (nSPS) is 11.6. The molecule has 0 radical (unpaired) electrons. The van der Waals surface area contributed by atoms with Crippen LogP contribution in [0.5, 0.6) is 0 Å². The summed E-state index contributed by atoms with van der Waals surface area (Å²) in [6.45, 7) is 20.7. The van der Waals surface area contributed by atoms with Crippen molar-refractivity contribution in [3.05, 3.63) is 48.8 Å². The van der Waals surface area contributed by atoms with Crippen molar-refractivity contribution >= 4 is 23.6 Å². The Hall–Kier alpha value is -3.04. The minimum Gasteiger partial charge on any atom is -0.456 e. The first-order valence-corrected chi connectivity index (χ1v) is 12.8. The number of pyridine rings is 1. The monoisotopic (exact) mass is 554 g/mol. The van der Waals surface area contributed by atoms with Crippen LogP contribution in [0.15, 0.2) is 48.8 Å². The van der Waals surface area contributed by atoms with E-state index >= 15 is 0 Å². The Bertz CT molecular complexity index is 822. The number of hydrogen-bond acceptors (Lipinski definition) is 9. The van der Waals surface area contributed by atoms with Gasteiger partial charge in [-0.05, 0) is 52.2 Å². The fourth-order valence-corrected chi connectivity index (χ4v) is 1.87. The van der Waals surface area contributed by atoms with Gasteiger partial charge < -0.3 is 24.6 Å². The standard InChI is InChI=1S/C10H18O3.C8H12O3.C7H10N2.C4H10O.CH4/c1-5-8(11)9(6-2)13-10(12)7(3)4;1-5(2)7(9)11-8(10)6(3)4;1-9(2)7-3-5-8-6-4-7;1-3-4(2)5;/h8-9,11H,3,5-6H2,1-2,4H3;6H,1H2,2-4H3;3-6H,1-2H3;4-5H,3H2,1-2H3;1H4. The number of hydrogen-bond donors (Lipinski definition) is 2. The Labute approximate surface area is 236 Å². The van der Waals surface area contributed by atoms with Crippen molar-refractivity contribution < 1.29 is 34.1 Å². The highest BCUT2D eigenvalue weighted by atomic mass is 16.6. The quantitative estimate of drug-likeness (QED) is 0.231. The van der Waals surface area contributed by atoms with Gasteiger partial charge in [-0.3, -0.25) is 9.78 Å². The molecule has 39 heavy (non-hydrogen) atoms. The molecule has 0 amide bonds. The SMILES string of the molecule is C.C=C(C)C(=O)OC(=O)C(C)C.C=C(C)C(=O)OC(CC)C(O)CC.CCC(C)O.CN(C)c1ccncc1. The summed E-state index contributed by atoms with van der Waals surface area (Å²) >= 11 is 0. The van der Waals surface area contributed by atoms with Gasteiger partial charge in [0.1, 0.15) is 6.10 Å². The van der Waals surface area contributed by atoms with E-state index in [1.54, 1.807) is 40.1 Å². The lowest BCUT2D eigenvalue weighted by Gasteiger charge is -2.20. The first-order valence-electron chi connectivity index (χ1n) is 12.8. The minimum absolute atomic E-state index is 0. The molecule has 0 saturated heterocycles. The van der Waals surface area contributed by atoms with Gasteiger partial charge in [0, 0.05) is 43.3 Å². The van der Waals surface area contributed by atoms with E-state index in [9.17, 15) is 19.5 Å². The largest absolute Gasteiger partial charge is 0.456 e. The lowest BCUT2D eigenvalue weighted by molar-refractivity contribution is -0.159. The summed E-state index contributed by atoms with van der Waals surface area (Å²) < 4.78 is 9.42. The molecule has 9 nitrogen and oxygen atoms in total. The number of aliphatic hydroxyl groups excluding tert-OH is 2. The second-order valence-electron chi connectivity index (χ2n) is 9.11. The molecule has 0 bridgehead atoms. The van der Waals surface area contributed by atoms with E-state index in [0.29, 0.717) is 18.4 Å². The van der Waals surface area contributed by atoms with Crippen molar-refractivity contribution in [1.82, 2.24) is 4.98 Å². The highest BCUT2D eigenvalue weighted by molar-refractivity contribution is 5.95. The summed E-state index contributed by atoms with van der Waals surface area (Å²) in [6, 6.07) is 3.94. The number of aliphatic hydroxyl groups is 2. The topological polar surface area (TPSA) is 126 Å². The van der Waals surface area contributed by atoms with Crippen LogP contribution in [0.3, 0.4) is 0 Å². The highest BCUT2D eigenvalue weighted by Gasteiger charge is 2.20. The molecule has 9 heteroatoms. The molecule has 0 fully saturated rings. The molecule has 1 aromatic rings. The third kappa shape index (κ3) is 25.0. The number of aromatic nitrogens is 1. The van der Waals surface area contributed by atoms with Crippen molar-refractivity contribution in [2.24, 2.45) is 5.92 Å². The zero-order valence-corrected chi connectivity index (χ0v) is 25.0. The third-order valence-corrected chi connectivity index (χ3v) is 4.64. The molecule has 0 aliphatic rings. The number of ether oxygens (including phenoxy) is 2. The zero-order valence-electron chi connectivity index (χ0n) is 25.0. The Morgan fingerprint density at radius 2 is 1.33 bits per heavy atom. The molecule has 3 unspecified atom stereocenters. The molecule has 0 aliphatic heterocycles. The summed E-state index contributed by atoms with van der Waals surface area (Å²) in [5.41, 5.74) is 1.78. The van der Waals surface area contributed by atoms with Crippen molar-refractivity contribution in [2.45, 2.75) is 100 Å². The van der Waals surface area contributed by atoms with E-state index in [1.807, 2.05) is 51.9 Å². The number of anilines is 1. The van der Waals surface area contributed by atoms with Gasteiger partial charge in [0.05, 0.1) is 18.1 Å². The Morgan fingerprint density at radius 1 is 0.897 bits per heavy atom. The molecule has 1 heterocycles. The fourth-order valence-electron chi connectivity index (χ4n) is 1.87. The second-order valence-corrected chi connectivity index (χ2v) is 9.11. The van der Waals surface area contributed by atoms with E-state index < -0.39 is 30.1 Å². The van der Waals surface area contributed by atoms with Gasteiger partial charge >= 0.3 is 17.9 Å². The highest BCUT2D eigenvalue weighted by Crippen LogP contribution is 2.10. The first-order chi connectivity index (χ1) is 17.5. The van der Waals surface area contributed by atoms with Crippen LogP contribution in [-0.2, 0) is 23.9 Å². The van der Waals surface area contributed by atoms with Gasteiger partial charge in [-0.25, -0.2) is 9.59 Å². The first kappa shape index (κ1) is 43.0. The smallest absolute Gasteiger partial charge is 0.340 e. The van der Waals surface area contributed by atoms with Crippen molar-refractivity contribution in [1.29, 1.82) is 0 Å². The Kier molecular flexibility index (Phi) is 27.9. The average molecular weight is 555 g/mol. The maximum atomic E-state index is 11.1. The van der Waals surface area contributed by atoms with Gasteiger partial charge in [0.2, 0.25) is 0 Å². The van der Waals surface area contributed by atoms with E-state index in [1.165, 1.54) is 12.6 Å². The van der Waals surface area contributed by atoms with Crippen LogP contribution in [0.4, 0.5) is 5.69 Å². The zero-order chi connectivity index (χ0) is 30.4. The van der Waals surface area contributed by atoms with Crippen molar-refractivity contribution in [3.8, 4) is 0 Å². The summed E-state index contributed by atoms with van der Waals surface area (Å²) in [5, 5.41) is 17.8. The number of nitrogens with zero attached hydrogens (tertiary/aromatic N) is 2. The van der Waals surface area contributed by atoms with E-state index in [2.05, 4.69) is 22.9 Å². The number of rotatable bonds is 9. The third-order valence-electron chi connectivity index (χ3n) is 4.64. The molecule has 0 aromatic carbocycles. The van der Waals surface area contributed by atoms with Gasteiger partial charge in [-0.2, -0.15) is 0 Å². The minimum atomic E-state index is -0.649. The Morgan fingerprint density at radius 3 is 1.59 bits per heavy atom. The maximum Gasteiger partial charge on any atom is 0.340 e.